The van der Waals surface area contributed by atoms with E-state index in [9.17, 15) is 21.6 Å². The molecule has 2 aliphatic rings. The van der Waals surface area contributed by atoms with Crippen molar-refractivity contribution in [1.82, 2.24) is 24.4 Å². The van der Waals surface area contributed by atoms with Gasteiger partial charge in [-0.3, -0.25) is 4.99 Å². The standard InChI is InChI=1S/C28H24ClF3N6O2S2/c1-16-4-2-3-5-17(16)15-42(39,40)36-19-13-23-24(22-8-10-38(35-22)28(31)32)25(20-7-6-18(30)12-21(20)29)34-26(37(23)14-19)27-33-9-11-41-27/h2-12,19,25,28,36H,13-15H2,1H3/t19-,25-/m0/s1. The number of fused-ring (bicyclic) bond motifs is 1. The van der Waals surface area contributed by atoms with Crippen LogP contribution in [0, 0.1) is 12.7 Å². The first-order valence-electron chi connectivity index (χ1n) is 12.9. The lowest BCUT2D eigenvalue weighted by atomic mass is 9.92. The summed E-state index contributed by atoms with van der Waals surface area (Å²) in [5.74, 6) is -0.254. The van der Waals surface area contributed by atoms with Crippen molar-refractivity contribution in [3.63, 3.8) is 0 Å². The maximum absolute atomic E-state index is 14.0. The molecule has 0 bridgehead atoms. The van der Waals surface area contributed by atoms with Gasteiger partial charge in [0, 0.05) is 58.6 Å². The Labute approximate surface area is 249 Å². The molecule has 0 saturated carbocycles. The van der Waals surface area contributed by atoms with Crippen LogP contribution >= 0.6 is 22.9 Å². The van der Waals surface area contributed by atoms with Gasteiger partial charge in [-0.15, -0.1) is 11.3 Å². The largest absolute Gasteiger partial charge is 0.333 e. The Bertz CT molecular complexity index is 1810. The number of hydrogen-bond acceptors (Lipinski definition) is 7. The van der Waals surface area contributed by atoms with E-state index >= 15 is 0 Å². The van der Waals surface area contributed by atoms with E-state index < -0.39 is 34.5 Å². The molecule has 0 radical (unpaired) electrons. The number of aryl methyl sites for hydroxylation is 1. The molecule has 1 saturated heterocycles. The Morgan fingerprint density at radius 1 is 1.19 bits per heavy atom. The zero-order chi connectivity index (χ0) is 29.6. The first-order chi connectivity index (χ1) is 20.1. The molecule has 1 N–H and O–H groups in total. The van der Waals surface area contributed by atoms with Gasteiger partial charge in [-0.2, -0.15) is 13.9 Å². The number of hydrogen-bond donors (Lipinski definition) is 1. The van der Waals surface area contributed by atoms with Crippen molar-refractivity contribution >= 4 is 44.4 Å². The van der Waals surface area contributed by atoms with Crippen LogP contribution in [0.25, 0.3) is 5.57 Å². The summed E-state index contributed by atoms with van der Waals surface area (Å²) in [6.45, 7) is -0.784. The van der Waals surface area contributed by atoms with Crippen molar-refractivity contribution < 1.29 is 21.6 Å². The first-order valence-corrected chi connectivity index (χ1v) is 15.8. The lowest BCUT2D eigenvalue weighted by Gasteiger charge is -2.32. The Kier molecular flexibility index (Phi) is 7.68. The van der Waals surface area contributed by atoms with Gasteiger partial charge in [0.15, 0.2) is 10.8 Å². The summed E-state index contributed by atoms with van der Waals surface area (Å²) < 4.78 is 71.0. The summed E-state index contributed by atoms with van der Waals surface area (Å²) in [7, 11) is -3.75. The van der Waals surface area contributed by atoms with Crippen molar-refractivity contribution in [3.8, 4) is 0 Å². The highest BCUT2D eigenvalue weighted by Crippen LogP contribution is 2.46. The predicted octanol–water partition coefficient (Wildman–Crippen LogP) is 5.94. The second-order valence-corrected chi connectivity index (χ2v) is 13.0. The molecule has 0 unspecified atom stereocenters. The zero-order valence-corrected chi connectivity index (χ0v) is 24.5. The van der Waals surface area contributed by atoms with Crippen LogP contribution in [0.5, 0.6) is 0 Å². The van der Waals surface area contributed by atoms with Crippen LogP contribution in [0.2, 0.25) is 5.02 Å². The summed E-state index contributed by atoms with van der Waals surface area (Å²) in [5, 5.41) is 6.59. The maximum atomic E-state index is 14.0. The number of halogens is 4. The minimum atomic E-state index is -3.75. The highest BCUT2D eigenvalue weighted by molar-refractivity contribution is 7.88. The summed E-state index contributed by atoms with van der Waals surface area (Å²) >= 11 is 7.84. The van der Waals surface area contributed by atoms with E-state index in [-0.39, 0.29) is 29.4 Å². The first kappa shape index (κ1) is 28.6. The molecule has 42 heavy (non-hydrogen) atoms. The topological polar surface area (TPSA) is 92.5 Å². The Hall–Kier alpha value is -3.52. The molecule has 6 rings (SSSR count). The van der Waals surface area contributed by atoms with Gasteiger partial charge in [-0.05, 0) is 36.2 Å². The number of nitrogens with one attached hydrogen (secondary N) is 1. The molecule has 14 heteroatoms. The summed E-state index contributed by atoms with van der Waals surface area (Å²) in [6.07, 6.45) is 3.02. The summed E-state index contributed by atoms with van der Waals surface area (Å²) in [5.41, 5.74) is 3.35. The van der Waals surface area contributed by atoms with Crippen molar-refractivity contribution in [2.45, 2.75) is 37.7 Å². The van der Waals surface area contributed by atoms with Crippen LogP contribution in [-0.2, 0) is 15.8 Å². The van der Waals surface area contributed by atoms with Crippen LogP contribution < -0.4 is 4.72 Å². The SMILES string of the molecule is Cc1ccccc1CS(=O)(=O)N[C@H]1CC2=C(c3ccn(C(F)F)n3)[C@H](c3ccc(F)cc3Cl)N=C(c3nccs3)N2C1. The fraction of sp³-hybridized carbons (Fsp3) is 0.250. The molecule has 2 aromatic heterocycles. The van der Waals surface area contributed by atoms with Gasteiger partial charge in [0.25, 0.3) is 0 Å². The van der Waals surface area contributed by atoms with Crippen LogP contribution in [0.1, 0.15) is 46.4 Å². The molecule has 0 aliphatic carbocycles. The van der Waals surface area contributed by atoms with E-state index in [0.717, 1.165) is 5.56 Å². The molecule has 2 aliphatic heterocycles. The number of aromatic nitrogens is 3. The minimum absolute atomic E-state index is 0.107. The average molecular weight is 633 g/mol. The van der Waals surface area contributed by atoms with E-state index in [1.54, 1.807) is 23.7 Å². The number of aliphatic imine (C=N–C) groups is 1. The van der Waals surface area contributed by atoms with E-state index in [0.29, 0.717) is 37.9 Å². The third-order valence-corrected chi connectivity index (χ3v) is 9.66. The molecular weight excluding hydrogens is 609 g/mol. The lowest BCUT2D eigenvalue weighted by molar-refractivity contribution is 0.0564. The number of thiazole rings is 1. The maximum Gasteiger partial charge on any atom is 0.333 e. The van der Waals surface area contributed by atoms with Crippen molar-refractivity contribution in [2.24, 2.45) is 4.99 Å². The second kappa shape index (κ2) is 11.3. The lowest BCUT2D eigenvalue weighted by Crippen LogP contribution is -2.39. The molecule has 4 heterocycles. The van der Waals surface area contributed by atoms with E-state index in [2.05, 4.69) is 14.8 Å². The highest BCUT2D eigenvalue weighted by Gasteiger charge is 2.42. The number of rotatable bonds is 8. The second-order valence-electron chi connectivity index (χ2n) is 9.99. The highest BCUT2D eigenvalue weighted by atomic mass is 35.5. The summed E-state index contributed by atoms with van der Waals surface area (Å²) in [4.78, 5) is 11.2. The van der Waals surface area contributed by atoms with Crippen molar-refractivity contribution in [3.05, 3.63) is 110 Å². The fourth-order valence-electron chi connectivity index (χ4n) is 5.31. The van der Waals surface area contributed by atoms with Crippen LogP contribution in [0.4, 0.5) is 13.2 Å². The van der Waals surface area contributed by atoms with E-state index in [1.807, 2.05) is 24.0 Å². The van der Waals surface area contributed by atoms with Crippen LogP contribution in [0.3, 0.4) is 0 Å². The van der Waals surface area contributed by atoms with Gasteiger partial charge in [0.2, 0.25) is 10.0 Å². The van der Waals surface area contributed by atoms with E-state index in [4.69, 9.17) is 16.6 Å². The number of nitrogens with zero attached hydrogens (tertiary/aromatic N) is 5. The minimum Gasteiger partial charge on any atom is -0.326 e. The number of amidine groups is 1. The van der Waals surface area contributed by atoms with Gasteiger partial charge in [-0.25, -0.2) is 27.2 Å². The number of alkyl halides is 2. The molecule has 2 atom stereocenters. The van der Waals surface area contributed by atoms with Crippen LogP contribution in [0.15, 0.2) is 77.0 Å². The van der Waals surface area contributed by atoms with Gasteiger partial charge < -0.3 is 4.90 Å². The average Bonchev–Trinajstić information content (AvgIpc) is 3.70. The molecule has 4 aromatic rings. The molecule has 218 valence electrons. The normalized spacial score (nSPS) is 19.0. The molecular formula is C28H24ClF3N6O2S2. The number of sulfonamides is 1. The summed E-state index contributed by atoms with van der Waals surface area (Å²) in [6, 6.07) is 11.2. The van der Waals surface area contributed by atoms with Crippen LogP contribution in [-0.4, -0.2) is 46.5 Å². The van der Waals surface area contributed by atoms with Gasteiger partial charge in [0.1, 0.15) is 11.9 Å². The third kappa shape index (κ3) is 5.61. The monoisotopic (exact) mass is 632 g/mol. The Morgan fingerprint density at radius 2 is 2.00 bits per heavy atom. The van der Waals surface area contributed by atoms with E-state index in [1.165, 1.54) is 41.8 Å². The van der Waals surface area contributed by atoms with Gasteiger partial charge >= 0.3 is 6.55 Å². The molecule has 8 nitrogen and oxygen atoms in total. The molecule has 2 aromatic carbocycles. The molecule has 0 spiro atoms. The Balaban J connectivity index is 1.45. The van der Waals surface area contributed by atoms with Gasteiger partial charge in [0.05, 0.1) is 11.4 Å². The zero-order valence-electron chi connectivity index (χ0n) is 22.1. The Morgan fingerprint density at radius 3 is 2.69 bits per heavy atom. The fourth-order valence-corrected chi connectivity index (χ4v) is 7.70. The molecule has 0 amide bonds. The van der Waals surface area contributed by atoms with Gasteiger partial charge in [-0.1, -0.05) is 41.9 Å². The molecule has 1 fully saturated rings. The quantitative estimate of drug-likeness (QED) is 0.260. The van der Waals surface area contributed by atoms with Crippen molar-refractivity contribution in [1.29, 1.82) is 0 Å². The predicted molar refractivity (Wildman–Crippen MR) is 155 cm³/mol. The third-order valence-electron chi connectivity index (χ3n) is 7.18. The van der Waals surface area contributed by atoms with Crippen molar-refractivity contribution in [2.75, 3.05) is 6.54 Å². The smallest absolute Gasteiger partial charge is 0.326 e. The number of benzene rings is 2.